The van der Waals surface area contributed by atoms with Gasteiger partial charge in [0.05, 0.1) is 12.2 Å². The minimum absolute atomic E-state index is 0.0929. The van der Waals surface area contributed by atoms with Crippen molar-refractivity contribution in [3.05, 3.63) is 82.2 Å². The second kappa shape index (κ2) is 6.93. The Hall–Kier alpha value is -2.88. The number of rotatable bonds is 4. The zero-order chi connectivity index (χ0) is 18.0. The molecule has 0 atom stereocenters. The number of anilines is 1. The van der Waals surface area contributed by atoms with Crippen LogP contribution in [0.5, 0.6) is 0 Å². The summed E-state index contributed by atoms with van der Waals surface area (Å²) in [7, 11) is 0. The molecule has 25 heavy (non-hydrogen) atoms. The van der Waals surface area contributed by atoms with Crippen LogP contribution in [0.25, 0.3) is 0 Å². The van der Waals surface area contributed by atoms with E-state index in [1.807, 2.05) is 68.8 Å². The molecule has 0 saturated heterocycles. The molecule has 2 aromatic carbocycles. The second-order valence-corrected chi connectivity index (χ2v) is 6.55. The van der Waals surface area contributed by atoms with Crippen LogP contribution in [0, 0.1) is 27.7 Å². The van der Waals surface area contributed by atoms with Crippen molar-refractivity contribution in [2.45, 2.75) is 34.2 Å². The summed E-state index contributed by atoms with van der Waals surface area (Å²) in [4.78, 5) is 12.4. The van der Waals surface area contributed by atoms with Crippen LogP contribution in [0.4, 0.5) is 5.69 Å². The van der Waals surface area contributed by atoms with E-state index in [1.165, 1.54) is 5.56 Å². The molecule has 1 amide bonds. The Morgan fingerprint density at radius 1 is 1.00 bits per heavy atom. The molecule has 4 heteroatoms. The highest BCUT2D eigenvalue weighted by Crippen LogP contribution is 2.17. The van der Waals surface area contributed by atoms with Crippen LogP contribution < -0.4 is 5.32 Å². The Bertz CT molecular complexity index is 907. The van der Waals surface area contributed by atoms with Crippen LogP contribution in [0.15, 0.2) is 48.5 Å². The zero-order valence-corrected chi connectivity index (χ0v) is 15.1. The van der Waals surface area contributed by atoms with E-state index in [9.17, 15) is 4.79 Å². The van der Waals surface area contributed by atoms with E-state index in [0.717, 1.165) is 28.2 Å². The predicted octanol–water partition coefficient (Wildman–Crippen LogP) is 4.42. The van der Waals surface area contributed by atoms with E-state index in [1.54, 1.807) is 0 Å². The third-order valence-corrected chi connectivity index (χ3v) is 4.28. The first kappa shape index (κ1) is 17.0. The maximum Gasteiger partial charge on any atom is 0.255 e. The molecule has 0 aliphatic heterocycles. The van der Waals surface area contributed by atoms with E-state index in [4.69, 9.17) is 0 Å². The smallest absolute Gasteiger partial charge is 0.255 e. The summed E-state index contributed by atoms with van der Waals surface area (Å²) in [6.45, 7) is 8.79. The maximum absolute atomic E-state index is 12.4. The molecule has 0 fully saturated rings. The lowest BCUT2D eigenvalue weighted by atomic mass is 10.1. The molecule has 0 saturated carbocycles. The van der Waals surface area contributed by atoms with Crippen molar-refractivity contribution in [2.24, 2.45) is 0 Å². The van der Waals surface area contributed by atoms with Gasteiger partial charge in [-0.1, -0.05) is 29.8 Å². The lowest BCUT2D eigenvalue weighted by molar-refractivity contribution is 0.102. The van der Waals surface area contributed by atoms with Crippen LogP contribution in [0.1, 0.15) is 38.4 Å². The number of nitrogens with zero attached hydrogens (tertiary/aromatic N) is 2. The van der Waals surface area contributed by atoms with Gasteiger partial charge in [-0.05, 0) is 63.1 Å². The Morgan fingerprint density at radius 2 is 1.72 bits per heavy atom. The van der Waals surface area contributed by atoms with Crippen LogP contribution in [-0.2, 0) is 6.54 Å². The number of hydrogen-bond donors (Lipinski definition) is 1. The number of amides is 1. The second-order valence-electron chi connectivity index (χ2n) is 6.55. The van der Waals surface area contributed by atoms with Gasteiger partial charge in [-0.3, -0.25) is 9.48 Å². The summed E-state index contributed by atoms with van der Waals surface area (Å²) in [5.74, 6) is -0.0929. The van der Waals surface area contributed by atoms with E-state index < -0.39 is 0 Å². The molecular formula is C21H23N3O. The largest absolute Gasteiger partial charge is 0.322 e. The molecule has 0 bridgehead atoms. The summed E-state index contributed by atoms with van der Waals surface area (Å²) in [5.41, 5.74) is 7.02. The predicted molar refractivity (Wildman–Crippen MR) is 101 cm³/mol. The molecule has 0 aliphatic rings. The monoisotopic (exact) mass is 333 g/mol. The van der Waals surface area contributed by atoms with Gasteiger partial charge in [-0.25, -0.2) is 0 Å². The van der Waals surface area contributed by atoms with Gasteiger partial charge in [0.1, 0.15) is 0 Å². The highest BCUT2D eigenvalue weighted by atomic mass is 16.1. The maximum atomic E-state index is 12.4. The first-order chi connectivity index (χ1) is 11.9. The van der Waals surface area contributed by atoms with Crippen molar-refractivity contribution >= 4 is 11.6 Å². The van der Waals surface area contributed by atoms with Crippen LogP contribution in [0.3, 0.4) is 0 Å². The first-order valence-corrected chi connectivity index (χ1v) is 8.41. The fourth-order valence-corrected chi connectivity index (χ4v) is 2.92. The number of carbonyl (C=O) groups excluding carboxylic acids is 1. The number of nitrogens with one attached hydrogen (secondary N) is 1. The van der Waals surface area contributed by atoms with Crippen molar-refractivity contribution in [1.29, 1.82) is 0 Å². The topological polar surface area (TPSA) is 46.9 Å². The van der Waals surface area contributed by atoms with E-state index >= 15 is 0 Å². The quantitative estimate of drug-likeness (QED) is 0.768. The summed E-state index contributed by atoms with van der Waals surface area (Å²) in [6.07, 6.45) is 0. The number of aromatic nitrogens is 2. The third-order valence-electron chi connectivity index (χ3n) is 4.28. The third kappa shape index (κ3) is 3.97. The van der Waals surface area contributed by atoms with Crippen molar-refractivity contribution in [3.63, 3.8) is 0 Å². The number of aryl methyl sites for hydroxylation is 4. The Kier molecular flexibility index (Phi) is 4.70. The molecule has 1 heterocycles. The fourth-order valence-electron chi connectivity index (χ4n) is 2.92. The molecule has 1 N–H and O–H groups in total. The molecule has 3 aromatic rings. The van der Waals surface area contributed by atoms with Crippen LogP contribution in [-0.4, -0.2) is 15.7 Å². The minimum atomic E-state index is -0.0929. The molecule has 0 aliphatic carbocycles. The number of hydrogen-bond acceptors (Lipinski definition) is 2. The average Bonchev–Trinajstić information content (AvgIpc) is 2.88. The van der Waals surface area contributed by atoms with Gasteiger partial charge < -0.3 is 5.32 Å². The molecule has 1 aromatic heterocycles. The van der Waals surface area contributed by atoms with Gasteiger partial charge >= 0.3 is 0 Å². The molecule has 0 radical (unpaired) electrons. The lowest BCUT2D eigenvalue weighted by Crippen LogP contribution is -2.13. The molecule has 0 spiro atoms. The van der Waals surface area contributed by atoms with Crippen molar-refractivity contribution < 1.29 is 4.79 Å². The zero-order valence-electron chi connectivity index (χ0n) is 15.1. The Labute approximate surface area is 148 Å². The Balaban J connectivity index is 1.71. The van der Waals surface area contributed by atoms with E-state index in [0.29, 0.717) is 12.1 Å². The van der Waals surface area contributed by atoms with Crippen molar-refractivity contribution in [2.75, 3.05) is 5.32 Å². The summed E-state index contributed by atoms with van der Waals surface area (Å²) < 4.78 is 1.97. The highest BCUT2D eigenvalue weighted by Gasteiger charge is 2.08. The average molecular weight is 333 g/mol. The molecule has 3 rings (SSSR count). The van der Waals surface area contributed by atoms with Gasteiger partial charge in [0.2, 0.25) is 0 Å². The normalized spacial score (nSPS) is 10.7. The van der Waals surface area contributed by atoms with Crippen molar-refractivity contribution in [3.8, 4) is 0 Å². The molecule has 128 valence electrons. The number of carbonyl (C=O) groups is 1. The number of benzene rings is 2. The van der Waals surface area contributed by atoms with Gasteiger partial charge in [-0.15, -0.1) is 0 Å². The summed E-state index contributed by atoms with van der Waals surface area (Å²) in [5, 5.41) is 7.45. The van der Waals surface area contributed by atoms with Gasteiger partial charge in [-0.2, -0.15) is 5.10 Å². The van der Waals surface area contributed by atoms with E-state index in [-0.39, 0.29) is 5.91 Å². The standard InChI is InChI=1S/C21H23N3O/c1-14-5-10-20(15(2)11-14)22-21(25)19-8-6-18(7-9-19)13-24-17(4)12-16(3)23-24/h5-12H,13H2,1-4H3,(H,22,25). The summed E-state index contributed by atoms with van der Waals surface area (Å²) >= 11 is 0. The molecule has 0 unspecified atom stereocenters. The summed E-state index contributed by atoms with van der Waals surface area (Å²) in [6, 6.07) is 15.7. The van der Waals surface area contributed by atoms with Crippen LogP contribution >= 0.6 is 0 Å². The fraction of sp³-hybridized carbons (Fsp3) is 0.238. The highest BCUT2D eigenvalue weighted by molar-refractivity contribution is 6.04. The van der Waals surface area contributed by atoms with Crippen LogP contribution in [0.2, 0.25) is 0 Å². The molecular weight excluding hydrogens is 310 g/mol. The SMILES string of the molecule is Cc1ccc(NC(=O)c2ccc(Cn3nc(C)cc3C)cc2)c(C)c1. The van der Waals surface area contributed by atoms with Gasteiger partial charge in [0, 0.05) is 16.9 Å². The Morgan fingerprint density at radius 3 is 2.32 bits per heavy atom. The van der Waals surface area contributed by atoms with Gasteiger partial charge in [0.15, 0.2) is 0 Å². The minimum Gasteiger partial charge on any atom is -0.322 e. The first-order valence-electron chi connectivity index (χ1n) is 8.41. The van der Waals surface area contributed by atoms with Gasteiger partial charge in [0.25, 0.3) is 5.91 Å². The lowest BCUT2D eigenvalue weighted by Gasteiger charge is -2.10. The van der Waals surface area contributed by atoms with Crippen molar-refractivity contribution in [1.82, 2.24) is 9.78 Å². The van der Waals surface area contributed by atoms with E-state index in [2.05, 4.69) is 22.5 Å². The molecule has 4 nitrogen and oxygen atoms in total.